The molecule has 0 aromatic carbocycles. The Kier molecular flexibility index (Phi) is 3.24. The fraction of sp³-hybridized carbons (Fsp3) is 0.714. The molecule has 5 rings (SSSR count). The lowest BCUT2D eigenvalue weighted by atomic mass is 9.52. The van der Waals surface area contributed by atoms with E-state index in [1.165, 1.54) is 19.1 Å². The van der Waals surface area contributed by atoms with Gasteiger partial charge in [0.2, 0.25) is 5.91 Å². The third kappa shape index (κ3) is 2.21. The molecule has 5 heteroatoms. The molecule has 4 aliphatic rings. The van der Waals surface area contributed by atoms with Gasteiger partial charge in [0.05, 0.1) is 5.56 Å². The van der Waals surface area contributed by atoms with Gasteiger partial charge in [0, 0.05) is 35.9 Å². The van der Waals surface area contributed by atoms with Gasteiger partial charge in [-0.25, -0.2) is 0 Å². The van der Waals surface area contributed by atoms with Crippen LogP contribution >= 0.6 is 0 Å². The van der Waals surface area contributed by atoms with Gasteiger partial charge in [0.1, 0.15) is 12.0 Å². The van der Waals surface area contributed by atoms with E-state index in [0.717, 1.165) is 31.6 Å². The molecular weight excluding hydrogens is 328 g/mol. The maximum absolute atomic E-state index is 13.1. The second kappa shape index (κ2) is 5.14. The largest absolute Gasteiger partial charge is 0.469 e. The molecule has 4 atom stereocenters. The number of carbonyl (C=O) groups is 2. The average Bonchev–Trinajstić information content (AvgIpc) is 3.51. The highest BCUT2D eigenvalue weighted by molar-refractivity contribution is 5.94. The van der Waals surface area contributed by atoms with Crippen LogP contribution in [0.5, 0.6) is 0 Å². The lowest BCUT2D eigenvalue weighted by Gasteiger charge is -2.64. The van der Waals surface area contributed by atoms with E-state index in [4.69, 9.17) is 4.42 Å². The minimum absolute atomic E-state index is 0.0686. The summed E-state index contributed by atoms with van der Waals surface area (Å²) in [5.41, 5.74) is 0.894. The minimum atomic E-state index is -0.0964. The van der Waals surface area contributed by atoms with Gasteiger partial charge in [-0.2, -0.15) is 0 Å². The molecule has 4 unspecified atom stereocenters. The van der Waals surface area contributed by atoms with Crippen LogP contribution in [0.2, 0.25) is 0 Å². The van der Waals surface area contributed by atoms with Crippen molar-refractivity contribution in [3.05, 3.63) is 23.7 Å². The van der Waals surface area contributed by atoms with E-state index in [1.54, 1.807) is 6.07 Å². The Hall–Kier alpha value is -1.78. The first-order valence-corrected chi connectivity index (χ1v) is 10.00. The zero-order valence-electron chi connectivity index (χ0n) is 15.9. The summed E-state index contributed by atoms with van der Waals surface area (Å²) >= 11 is 0. The number of furan rings is 1. The molecule has 5 nitrogen and oxygen atoms in total. The van der Waals surface area contributed by atoms with E-state index in [2.05, 4.69) is 24.1 Å². The Bertz CT molecular complexity index is 776. The Morgan fingerprint density at radius 1 is 1.31 bits per heavy atom. The quantitative estimate of drug-likeness (QED) is 0.905. The summed E-state index contributed by atoms with van der Waals surface area (Å²) in [4.78, 5) is 27.8. The zero-order valence-corrected chi connectivity index (χ0v) is 15.9. The Morgan fingerprint density at radius 2 is 2.08 bits per heavy atom. The predicted molar refractivity (Wildman–Crippen MR) is 96.5 cm³/mol. The number of likely N-dealkylation sites (tertiary alicyclic amines) is 1. The van der Waals surface area contributed by atoms with E-state index < -0.39 is 0 Å². The van der Waals surface area contributed by atoms with Crippen molar-refractivity contribution in [1.82, 2.24) is 10.2 Å². The van der Waals surface area contributed by atoms with Crippen LogP contribution in [0.25, 0.3) is 0 Å². The number of hydrogen-bond acceptors (Lipinski definition) is 3. The van der Waals surface area contributed by atoms with Crippen LogP contribution < -0.4 is 5.32 Å². The number of piperidine rings is 1. The Labute approximate surface area is 154 Å². The topological polar surface area (TPSA) is 62.6 Å². The third-order valence-corrected chi connectivity index (χ3v) is 7.61. The standard InChI is InChI=1S/C21H28N2O3/c1-12-9-13(11-26-12)18(24)22-16-14-5-4-8-23(17(14)20(16,2)3)19(25)15-10-21(15)6-7-21/h9,11,14-17H,4-8,10H2,1-3H3,(H,22,24). The molecule has 1 aromatic rings. The highest BCUT2D eigenvalue weighted by Gasteiger charge is 2.69. The molecule has 26 heavy (non-hydrogen) atoms. The first-order chi connectivity index (χ1) is 12.3. The van der Waals surface area contributed by atoms with Gasteiger partial charge in [-0.3, -0.25) is 9.59 Å². The van der Waals surface area contributed by atoms with Crippen molar-refractivity contribution in [3.8, 4) is 0 Å². The van der Waals surface area contributed by atoms with Crippen molar-refractivity contribution in [1.29, 1.82) is 0 Å². The molecule has 2 amide bonds. The number of aryl methyl sites for hydroxylation is 1. The number of fused-ring (bicyclic) bond motifs is 1. The van der Waals surface area contributed by atoms with Crippen molar-refractivity contribution in [2.24, 2.45) is 22.7 Å². The highest BCUT2D eigenvalue weighted by Crippen LogP contribution is 2.71. The summed E-state index contributed by atoms with van der Waals surface area (Å²) < 4.78 is 5.27. The predicted octanol–water partition coefficient (Wildman–Crippen LogP) is 3.13. The second-order valence-electron chi connectivity index (χ2n) is 9.62. The van der Waals surface area contributed by atoms with E-state index in [1.807, 2.05) is 6.92 Å². The molecule has 1 spiro atoms. The summed E-state index contributed by atoms with van der Waals surface area (Å²) in [6.45, 7) is 7.13. The molecule has 4 fully saturated rings. The van der Waals surface area contributed by atoms with Gasteiger partial charge in [-0.05, 0) is 50.5 Å². The monoisotopic (exact) mass is 356 g/mol. The molecule has 3 aliphatic carbocycles. The van der Waals surface area contributed by atoms with Crippen LogP contribution in [0.3, 0.4) is 0 Å². The van der Waals surface area contributed by atoms with Gasteiger partial charge in [0.25, 0.3) is 5.91 Å². The summed E-state index contributed by atoms with van der Waals surface area (Å²) in [7, 11) is 0. The highest BCUT2D eigenvalue weighted by atomic mass is 16.3. The van der Waals surface area contributed by atoms with Gasteiger partial charge >= 0.3 is 0 Å². The Balaban J connectivity index is 1.31. The van der Waals surface area contributed by atoms with Crippen molar-refractivity contribution in [3.63, 3.8) is 0 Å². The molecule has 3 saturated carbocycles. The van der Waals surface area contributed by atoms with Crippen molar-refractivity contribution < 1.29 is 14.0 Å². The number of rotatable bonds is 3. The summed E-state index contributed by atoms with van der Waals surface area (Å²) in [6.07, 6.45) is 7.25. The van der Waals surface area contributed by atoms with Gasteiger partial charge < -0.3 is 14.6 Å². The van der Waals surface area contributed by atoms with Crippen LogP contribution in [0.15, 0.2) is 16.7 Å². The van der Waals surface area contributed by atoms with Gasteiger partial charge in [-0.1, -0.05) is 13.8 Å². The SMILES string of the molecule is Cc1cc(C(=O)NC2C3CCCN(C(=O)C4CC45CC5)C3C2(C)C)co1. The zero-order chi connectivity index (χ0) is 18.3. The maximum atomic E-state index is 13.1. The van der Waals surface area contributed by atoms with E-state index in [0.29, 0.717) is 28.7 Å². The fourth-order valence-electron chi connectivity index (χ4n) is 5.88. The number of amides is 2. The van der Waals surface area contributed by atoms with Crippen LogP contribution in [0, 0.1) is 29.6 Å². The molecule has 1 aliphatic heterocycles. The summed E-state index contributed by atoms with van der Waals surface area (Å²) in [5, 5.41) is 3.23. The van der Waals surface area contributed by atoms with E-state index in [-0.39, 0.29) is 23.4 Å². The molecule has 1 N–H and O–H groups in total. The number of carbonyl (C=O) groups excluding carboxylic acids is 2. The molecule has 2 heterocycles. The van der Waals surface area contributed by atoms with Crippen molar-refractivity contribution in [2.45, 2.75) is 65.0 Å². The molecule has 0 bridgehead atoms. The van der Waals surface area contributed by atoms with Crippen molar-refractivity contribution >= 4 is 11.8 Å². The molecule has 140 valence electrons. The molecule has 1 saturated heterocycles. The van der Waals surface area contributed by atoms with Gasteiger partial charge in [-0.15, -0.1) is 0 Å². The number of nitrogens with one attached hydrogen (secondary N) is 1. The second-order valence-corrected chi connectivity index (χ2v) is 9.62. The Morgan fingerprint density at radius 3 is 2.69 bits per heavy atom. The minimum Gasteiger partial charge on any atom is -0.469 e. The summed E-state index contributed by atoms with van der Waals surface area (Å²) in [5.74, 6) is 1.73. The lowest BCUT2D eigenvalue weighted by Crippen LogP contribution is -2.75. The van der Waals surface area contributed by atoms with Crippen molar-refractivity contribution in [2.75, 3.05) is 6.54 Å². The average molecular weight is 356 g/mol. The fourth-order valence-corrected chi connectivity index (χ4v) is 5.88. The molecule has 1 aromatic heterocycles. The first kappa shape index (κ1) is 16.4. The van der Waals surface area contributed by atoms with Crippen LogP contribution in [-0.2, 0) is 4.79 Å². The van der Waals surface area contributed by atoms with Crippen LogP contribution in [0.4, 0.5) is 0 Å². The maximum Gasteiger partial charge on any atom is 0.254 e. The molecule has 0 radical (unpaired) electrons. The lowest BCUT2D eigenvalue weighted by molar-refractivity contribution is -0.161. The summed E-state index contributed by atoms with van der Waals surface area (Å²) in [6, 6.07) is 2.15. The van der Waals surface area contributed by atoms with Crippen LogP contribution in [0.1, 0.15) is 62.1 Å². The van der Waals surface area contributed by atoms with Gasteiger partial charge in [0.15, 0.2) is 0 Å². The number of hydrogen-bond donors (Lipinski definition) is 1. The normalized spacial score (nSPS) is 35.4. The molecular formula is C21H28N2O3. The van der Waals surface area contributed by atoms with Crippen LogP contribution in [-0.4, -0.2) is 35.3 Å². The van der Waals surface area contributed by atoms with E-state index >= 15 is 0 Å². The third-order valence-electron chi connectivity index (χ3n) is 7.61. The smallest absolute Gasteiger partial charge is 0.254 e. The first-order valence-electron chi connectivity index (χ1n) is 10.00. The van der Waals surface area contributed by atoms with E-state index in [9.17, 15) is 9.59 Å². The number of nitrogens with zero attached hydrogens (tertiary/aromatic N) is 1.